The first-order valence-electron chi connectivity index (χ1n) is 11.3. The van der Waals surface area contributed by atoms with Crippen molar-refractivity contribution in [2.75, 3.05) is 31.3 Å². The highest BCUT2D eigenvalue weighted by Gasteiger charge is 2.32. The third-order valence-corrected chi connectivity index (χ3v) is 7.20. The van der Waals surface area contributed by atoms with Gasteiger partial charge in [-0.15, -0.1) is 0 Å². The van der Waals surface area contributed by atoms with Crippen LogP contribution in [0.4, 0.5) is 5.69 Å². The summed E-state index contributed by atoms with van der Waals surface area (Å²) in [5.74, 6) is -0.403. The molecule has 1 atom stereocenters. The van der Waals surface area contributed by atoms with E-state index < -0.39 is 40.0 Å². The van der Waals surface area contributed by atoms with E-state index in [0.29, 0.717) is 16.3 Å². The van der Waals surface area contributed by atoms with Gasteiger partial charge in [0, 0.05) is 18.2 Å². The van der Waals surface area contributed by atoms with Crippen LogP contribution in [-0.4, -0.2) is 63.7 Å². The molecule has 0 saturated heterocycles. The SMILES string of the molecule is COc1ccc(OC)c(N(CC(=O)N(Cc2ccc(Cl)c(Cl)c2)C(C)C(=O)NC(C)(C)C)S(C)(=O)=O)c1. The molecule has 0 spiro atoms. The number of anilines is 1. The molecule has 0 aliphatic heterocycles. The van der Waals surface area contributed by atoms with Crippen molar-refractivity contribution in [2.24, 2.45) is 0 Å². The zero-order valence-electron chi connectivity index (χ0n) is 22.0. The van der Waals surface area contributed by atoms with Crippen molar-refractivity contribution in [3.05, 3.63) is 52.0 Å². The molecule has 2 amide bonds. The second-order valence-corrected chi connectivity index (χ2v) is 12.2. The number of rotatable bonds is 10. The lowest BCUT2D eigenvalue weighted by Gasteiger charge is -2.33. The number of nitrogens with one attached hydrogen (secondary N) is 1. The van der Waals surface area contributed by atoms with Crippen LogP contribution < -0.4 is 19.1 Å². The molecule has 37 heavy (non-hydrogen) atoms. The van der Waals surface area contributed by atoms with E-state index in [9.17, 15) is 18.0 Å². The standard InChI is InChI=1S/C25H33Cl2N3O6S/c1-16(24(32)28-25(2,3)4)29(14-17-8-10-19(26)20(27)12-17)23(31)15-30(37(7,33)34)21-13-18(35-5)9-11-22(21)36-6/h8-13,16H,14-15H2,1-7H3,(H,28,32). The third-order valence-electron chi connectivity index (χ3n) is 5.34. The minimum absolute atomic E-state index is 0.0126. The Balaban J connectivity index is 2.52. The summed E-state index contributed by atoms with van der Waals surface area (Å²) in [6.45, 7) is 6.45. The minimum atomic E-state index is -3.95. The Labute approximate surface area is 228 Å². The van der Waals surface area contributed by atoms with Crippen LogP contribution in [0.5, 0.6) is 11.5 Å². The lowest BCUT2D eigenvalue weighted by atomic mass is 10.1. The van der Waals surface area contributed by atoms with Gasteiger partial charge in [0.25, 0.3) is 0 Å². The van der Waals surface area contributed by atoms with Gasteiger partial charge in [0.1, 0.15) is 24.1 Å². The number of carbonyl (C=O) groups is 2. The highest BCUT2D eigenvalue weighted by atomic mass is 35.5. The molecule has 12 heteroatoms. The average molecular weight is 575 g/mol. The molecular weight excluding hydrogens is 541 g/mol. The van der Waals surface area contributed by atoms with Crippen molar-refractivity contribution in [3.63, 3.8) is 0 Å². The van der Waals surface area contributed by atoms with Gasteiger partial charge in [-0.2, -0.15) is 0 Å². The van der Waals surface area contributed by atoms with Crippen LogP contribution in [0.25, 0.3) is 0 Å². The van der Waals surface area contributed by atoms with Gasteiger partial charge in [0.2, 0.25) is 21.8 Å². The van der Waals surface area contributed by atoms with Gasteiger partial charge in [-0.3, -0.25) is 13.9 Å². The van der Waals surface area contributed by atoms with Crippen LogP contribution in [0, 0.1) is 0 Å². The maximum absolute atomic E-state index is 13.7. The number of methoxy groups -OCH3 is 2. The Hall–Kier alpha value is -2.69. The van der Waals surface area contributed by atoms with Crippen molar-refractivity contribution < 1.29 is 27.5 Å². The Morgan fingerprint density at radius 2 is 1.68 bits per heavy atom. The second kappa shape index (κ2) is 12.2. The Kier molecular flexibility index (Phi) is 10.1. The molecule has 2 aromatic carbocycles. The molecule has 2 aromatic rings. The first kappa shape index (κ1) is 30.5. The molecule has 0 heterocycles. The van der Waals surface area contributed by atoms with Gasteiger partial charge < -0.3 is 19.7 Å². The van der Waals surface area contributed by atoms with E-state index in [1.807, 2.05) is 20.8 Å². The van der Waals surface area contributed by atoms with E-state index in [1.165, 1.54) is 25.2 Å². The molecule has 9 nitrogen and oxygen atoms in total. The number of nitrogens with zero attached hydrogens (tertiary/aromatic N) is 2. The molecule has 2 rings (SSSR count). The minimum Gasteiger partial charge on any atom is -0.497 e. The van der Waals surface area contributed by atoms with Gasteiger partial charge in [0.05, 0.1) is 36.2 Å². The fourth-order valence-corrected chi connectivity index (χ4v) is 4.64. The number of sulfonamides is 1. The number of halogens is 2. The second-order valence-electron chi connectivity index (χ2n) is 9.49. The molecule has 0 bridgehead atoms. The van der Waals surface area contributed by atoms with Crippen LogP contribution in [0.3, 0.4) is 0 Å². The van der Waals surface area contributed by atoms with E-state index >= 15 is 0 Å². The van der Waals surface area contributed by atoms with Crippen LogP contribution in [0.1, 0.15) is 33.3 Å². The number of benzene rings is 2. The summed E-state index contributed by atoms with van der Waals surface area (Å²) in [4.78, 5) is 28.0. The molecule has 0 radical (unpaired) electrons. The van der Waals surface area contributed by atoms with E-state index in [4.69, 9.17) is 32.7 Å². The summed E-state index contributed by atoms with van der Waals surface area (Å²) in [6, 6.07) is 8.55. The predicted molar refractivity (Wildman–Crippen MR) is 146 cm³/mol. The Bertz CT molecular complexity index is 1250. The molecule has 0 aromatic heterocycles. The summed E-state index contributed by atoms with van der Waals surface area (Å²) in [7, 11) is -1.12. The summed E-state index contributed by atoms with van der Waals surface area (Å²) >= 11 is 12.2. The largest absolute Gasteiger partial charge is 0.497 e. The van der Waals surface area contributed by atoms with Gasteiger partial charge in [-0.05, 0) is 57.5 Å². The maximum atomic E-state index is 13.7. The number of carbonyl (C=O) groups excluding carboxylic acids is 2. The van der Waals surface area contributed by atoms with Crippen molar-refractivity contribution in [3.8, 4) is 11.5 Å². The van der Waals surface area contributed by atoms with Gasteiger partial charge in [-0.1, -0.05) is 29.3 Å². The van der Waals surface area contributed by atoms with E-state index in [-0.39, 0.29) is 23.0 Å². The quantitative estimate of drug-likeness (QED) is 0.458. The van der Waals surface area contributed by atoms with E-state index in [1.54, 1.807) is 37.3 Å². The van der Waals surface area contributed by atoms with Gasteiger partial charge >= 0.3 is 0 Å². The molecule has 0 saturated carbocycles. The molecule has 1 unspecified atom stereocenters. The molecular formula is C25H33Cl2N3O6S. The van der Waals surface area contributed by atoms with Crippen LogP contribution in [0.15, 0.2) is 36.4 Å². The number of hydrogen-bond donors (Lipinski definition) is 1. The monoisotopic (exact) mass is 573 g/mol. The summed E-state index contributed by atoms with van der Waals surface area (Å²) in [6.07, 6.45) is 0.984. The smallest absolute Gasteiger partial charge is 0.244 e. The van der Waals surface area contributed by atoms with E-state index in [0.717, 1.165) is 10.6 Å². The average Bonchev–Trinajstić information content (AvgIpc) is 2.80. The predicted octanol–water partition coefficient (Wildman–Crippen LogP) is 4.11. The van der Waals surface area contributed by atoms with Crippen molar-refractivity contribution in [2.45, 2.75) is 45.8 Å². The van der Waals surface area contributed by atoms with Crippen LogP contribution in [-0.2, 0) is 26.2 Å². The fourth-order valence-electron chi connectivity index (χ4n) is 3.48. The normalized spacial score (nSPS) is 12.5. The fraction of sp³-hybridized carbons (Fsp3) is 0.440. The van der Waals surface area contributed by atoms with Crippen molar-refractivity contribution in [1.29, 1.82) is 0 Å². The topological polar surface area (TPSA) is 105 Å². The molecule has 1 N–H and O–H groups in total. The van der Waals surface area contributed by atoms with Gasteiger partial charge in [-0.25, -0.2) is 8.42 Å². The molecule has 0 fully saturated rings. The number of ether oxygens (including phenoxy) is 2. The number of hydrogen-bond acceptors (Lipinski definition) is 6. The Morgan fingerprint density at radius 1 is 1.03 bits per heavy atom. The first-order chi connectivity index (χ1) is 17.1. The first-order valence-corrected chi connectivity index (χ1v) is 13.9. The highest BCUT2D eigenvalue weighted by molar-refractivity contribution is 7.92. The zero-order chi connectivity index (χ0) is 28.1. The lowest BCUT2D eigenvalue weighted by molar-refractivity contribution is -0.140. The Morgan fingerprint density at radius 3 is 2.19 bits per heavy atom. The summed E-state index contributed by atoms with van der Waals surface area (Å²) in [5, 5.41) is 3.49. The third kappa shape index (κ3) is 8.41. The summed E-state index contributed by atoms with van der Waals surface area (Å²) < 4.78 is 37.2. The molecule has 204 valence electrons. The van der Waals surface area contributed by atoms with Crippen molar-refractivity contribution >= 4 is 50.7 Å². The zero-order valence-corrected chi connectivity index (χ0v) is 24.3. The lowest BCUT2D eigenvalue weighted by Crippen LogP contribution is -2.54. The van der Waals surface area contributed by atoms with Crippen molar-refractivity contribution in [1.82, 2.24) is 10.2 Å². The van der Waals surface area contributed by atoms with Gasteiger partial charge in [0.15, 0.2) is 0 Å². The highest BCUT2D eigenvalue weighted by Crippen LogP contribution is 2.34. The van der Waals surface area contributed by atoms with Crippen LogP contribution in [0.2, 0.25) is 10.0 Å². The maximum Gasteiger partial charge on any atom is 0.244 e. The molecule has 0 aliphatic carbocycles. The molecule has 0 aliphatic rings. The van der Waals surface area contributed by atoms with E-state index in [2.05, 4.69) is 5.32 Å². The number of amides is 2. The van der Waals surface area contributed by atoms with Crippen LogP contribution >= 0.6 is 23.2 Å². The summed E-state index contributed by atoms with van der Waals surface area (Å²) in [5.41, 5.74) is 0.193.